The van der Waals surface area contributed by atoms with Gasteiger partial charge in [0.1, 0.15) is 5.69 Å². The average Bonchev–Trinajstić information content (AvgIpc) is 2.48. The van der Waals surface area contributed by atoms with Gasteiger partial charge in [0.2, 0.25) is 5.95 Å². The normalized spacial score (nSPS) is 10.2. The van der Waals surface area contributed by atoms with Crippen LogP contribution in [0.15, 0.2) is 30.7 Å². The molecule has 2 rings (SSSR count). The first-order valence-corrected chi connectivity index (χ1v) is 5.38. The number of hydrogen-bond donors (Lipinski definition) is 1. The molecule has 0 bridgehead atoms. The molecular formula is C12H9F3N4O2. The SMILES string of the molecule is Nc1ncc(C=O)cn1.O=Cc1ccc(C(F)(F)F)nc1. The van der Waals surface area contributed by atoms with Gasteiger partial charge in [-0.25, -0.2) is 9.97 Å². The van der Waals surface area contributed by atoms with E-state index in [4.69, 9.17) is 5.73 Å². The van der Waals surface area contributed by atoms with E-state index in [0.717, 1.165) is 18.3 Å². The van der Waals surface area contributed by atoms with Gasteiger partial charge in [-0.15, -0.1) is 0 Å². The van der Waals surface area contributed by atoms with Gasteiger partial charge in [0.15, 0.2) is 12.6 Å². The van der Waals surface area contributed by atoms with Crippen LogP contribution in [0.2, 0.25) is 0 Å². The van der Waals surface area contributed by atoms with Crippen LogP contribution in [0.25, 0.3) is 0 Å². The van der Waals surface area contributed by atoms with Gasteiger partial charge < -0.3 is 5.73 Å². The average molecular weight is 298 g/mol. The number of carbonyl (C=O) groups excluding carboxylic acids is 2. The number of hydrogen-bond acceptors (Lipinski definition) is 6. The first-order chi connectivity index (χ1) is 9.86. The number of aromatic nitrogens is 3. The van der Waals surface area contributed by atoms with Gasteiger partial charge in [-0.2, -0.15) is 13.2 Å². The Balaban J connectivity index is 0.000000219. The molecule has 0 saturated carbocycles. The Kier molecular flexibility index (Phi) is 5.47. The molecule has 0 saturated heterocycles. The van der Waals surface area contributed by atoms with Crippen molar-refractivity contribution in [2.75, 3.05) is 5.73 Å². The summed E-state index contributed by atoms with van der Waals surface area (Å²) in [5.41, 5.74) is 4.71. The molecule has 0 radical (unpaired) electrons. The van der Waals surface area contributed by atoms with Gasteiger partial charge in [-0.1, -0.05) is 0 Å². The van der Waals surface area contributed by atoms with Crippen molar-refractivity contribution in [1.82, 2.24) is 15.0 Å². The monoisotopic (exact) mass is 298 g/mol. The van der Waals surface area contributed by atoms with E-state index < -0.39 is 11.9 Å². The quantitative estimate of drug-likeness (QED) is 0.848. The Bertz CT molecular complexity index is 597. The maximum atomic E-state index is 11.9. The zero-order valence-corrected chi connectivity index (χ0v) is 10.4. The molecule has 2 aromatic heterocycles. The summed E-state index contributed by atoms with van der Waals surface area (Å²) in [5, 5.41) is 0. The number of anilines is 1. The van der Waals surface area contributed by atoms with E-state index in [2.05, 4.69) is 15.0 Å². The highest BCUT2D eigenvalue weighted by atomic mass is 19.4. The van der Waals surface area contributed by atoms with Crippen LogP contribution in [-0.4, -0.2) is 27.5 Å². The summed E-state index contributed by atoms with van der Waals surface area (Å²) in [4.78, 5) is 30.3. The summed E-state index contributed by atoms with van der Waals surface area (Å²) in [6.45, 7) is 0. The number of aldehydes is 2. The molecule has 0 aliphatic rings. The van der Waals surface area contributed by atoms with Crippen molar-refractivity contribution in [3.63, 3.8) is 0 Å². The maximum absolute atomic E-state index is 11.9. The molecule has 2 aromatic rings. The summed E-state index contributed by atoms with van der Waals surface area (Å²) in [5.74, 6) is 0.181. The van der Waals surface area contributed by atoms with Gasteiger partial charge in [0, 0.05) is 24.2 Å². The summed E-state index contributed by atoms with van der Waals surface area (Å²) in [7, 11) is 0. The van der Waals surface area contributed by atoms with Crippen molar-refractivity contribution in [1.29, 1.82) is 0 Å². The standard InChI is InChI=1S/C7H4F3NO.C5H5N3O/c8-7(9,10)6-2-1-5(4-12)3-11-6;6-5-7-1-4(3-9)2-8-5/h1-4H;1-3H,(H2,6,7,8). The van der Waals surface area contributed by atoms with Gasteiger partial charge in [-0.05, 0) is 12.1 Å². The second kappa shape index (κ2) is 7.08. The van der Waals surface area contributed by atoms with E-state index >= 15 is 0 Å². The van der Waals surface area contributed by atoms with Crippen LogP contribution in [0.3, 0.4) is 0 Å². The molecule has 2 N–H and O–H groups in total. The topological polar surface area (TPSA) is 98.8 Å². The highest BCUT2D eigenvalue weighted by Crippen LogP contribution is 2.26. The molecule has 0 spiro atoms. The number of alkyl halides is 3. The minimum atomic E-state index is -4.44. The van der Waals surface area contributed by atoms with Gasteiger partial charge >= 0.3 is 6.18 Å². The smallest absolute Gasteiger partial charge is 0.368 e. The maximum Gasteiger partial charge on any atom is 0.433 e. The second-order valence-electron chi connectivity index (χ2n) is 3.58. The molecule has 2 heterocycles. The summed E-state index contributed by atoms with van der Waals surface area (Å²) in [6.07, 6.45) is 0.286. The van der Waals surface area contributed by atoms with Crippen molar-refractivity contribution < 1.29 is 22.8 Å². The van der Waals surface area contributed by atoms with Crippen LogP contribution >= 0.6 is 0 Å². The number of rotatable bonds is 2. The van der Waals surface area contributed by atoms with Crippen molar-refractivity contribution in [3.05, 3.63) is 47.5 Å². The van der Waals surface area contributed by atoms with Crippen molar-refractivity contribution in [2.45, 2.75) is 6.18 Å². The fourth-order valence-corrected chi connectivity index (χ4v) is 1.05. The van der Waals surface area contributed by atoms with Crippen LogP contribution in [0, 0.1) is 0 Å². The molecule has 0 unspecified atom stereocenters. The lowest BCUT2D eigenvalue weighted by Crippen LogP contribution is -2.07. The van der Waals surface area contributed by atoms with E-state index in [1.165, 1.54) is 12.4 Å². The van der Waals surface area contributed by atoms with Gasteiger partial charge in [0.05, 0.1) is 5.56 Å². The van der Waals surface area contributed by atoms with E-state index in [1.807, 2.05) is 0 Å². The molecule has 0 fully saturated rings. The fourth-order valence-electron chi connectivity index (χ4n) is 1.05. The predicted octanol–water partition coefficient (Wildman–Crippen LogP) is 1.78. The molecule has 6 nitrogen and oxygen atoms in total. The number of pyridine rings is 1. The molecule has 21 heavy (non-hydrogen) atoms. The van der Waals surface area contributed by atoms with Crippen LogP contribution in [0.1, 0.15) is 26.4 Å². The summed E-state index contributed by atoms with van der Waals surface area (Å²) < 4.78 is 35.6. The van der Waals surface area contributed by atoms with Crippen LogP contribution in [0.5, 0.6) is 0 Å². The molecule has 0 amide bonds. The van der Waals surface area contributed by atoms with E-state index in [-0.39, 0.29) is 11.5 Å². The molecule has 0 aliphatic heterocycles. The highest BCUT2D eigenvalue weighted by molar-refractivity contribution is 5.74. The van der Waals surface area contributed by atoms with Crippen molar-refractivity contribution in [3.8, 4) is 0 Å². The molecule has 0 aliphatic carbocycles. The Hall–Kier alpha value is -2.84. The van der Waals surface area contributed by atoms with Crippen LogP contribution in [0.4, 0.5) is 19.1 Å². The Morgan fingerprint density at radius 3 is 1.81 bits per heavy atom. The van der Waals surface area contributed by atoms with Crippen molar-refractivity contribution in [2.24, 2.45) is 0 Å². The number of nitrogen functional groups attached to an aromatic ring is 1. The predicted molar refractivity (Wildman–Crippen MR) is 66.5 cm³/mol. The third-order valence-corrected chi connectivity index (χ3v) is 2.04. The number of nitrogens with two attached hydrogens (primary N) is 1. The Morgan fingerprint density at radius 2 is 1.43 bits per heavy atom. The number of halogens is 3. The molecule has 0 atom stereocenters. The molecule has 0 aromatic carbocycles. The molecular weight excluding hydrogens is 289 g/mol. The zero-order chi connectivity index (χ0) is 15.9. The fraction of sp³-hybridized carbons (Fsp3) is 0.0833. The Morgan fingerprint density at radius 1 is 0.905 bits per heavy atom. The second-order valence-corrected chi connectivity index (χ2v) is 3.58. The molecule has 9 heteroatoms. The van der Waals surface area contributed by atoms with Crippen molar-refractivity contribution >= 4 is 18.5 Å². The van der Waals surface area contributed by atoms with E-state index in [1.54, 1.807) is 0 Å². The first-order valence-electron chi connectivity index (χ1n) is 5.38. The van der Waals surface area contributed by atoms with Crippen LogP contribution < -0.4 is 5.73 Å². The minimum absolute atomic E-state index is 0.128. The third kappa shape index (κ3) is 5.35. The largest absolute Gasteiger partial charge is 0.433 e. The lowest BCUT2D eigenvalue weighted by molar-refractivity contribution is -0.141. The van der Waals surface area contributed by atoms with Crippen LogP contribution in [-0.2, 0) is 6.18 Å². The third-order valence-electron chi connectivity index (χ3n) is 2.04. The lowest BCUT2D eigenvalue weighted by Gasteiger charge is -2.03. The van der Waals surface area contributed by atoms with E-state index in [0.29, 0.717) is 18.1 Å². The first kappa shape index (κ1) is 16.2. The summed E-state index contributed by atoms with van der Waals surface area (Å²) in [6, 6.07) is 1.84. The highest BCUT2D eigenvalue weighted by Gasteiger charge is 2.31. The molecule has 110 valence electrons. The van der Waals surface area contributed by atoms with Gasteiger partial charge in [0.25, 0.3) is 0 Å². The van der Waals surface area contributed by atoms with E-state index in [9.17, 15) is 22.8 Å². The minimum Gasteiger partial charge on any atom is -0.368 e. The summed E-state index contributed by atoms with van der Waals surface area (Å²) >= 11 is 0. The lowest BCUT2D eigenvalue weighted by atomic mass is 10.3. The van der Waals surface area contributed by atoms with Gasteiger partial charge in [-0.3, -0.25) is 14.6 Å². The number of carbonyl (C=O) groups is 2. The zero-order valence-electron chi connectivity index (χ0n) is 10.4. The Labute approximate surface area is 116 Å². The number of nitrogens with zero attached hydrogens (tertiary/aromatic N) is 3.